The minimum Gasteiger partial charge on any atom is -0.122 e. The number of hydrogen-bond acceptors (Lipinski definition) is 0. The minimum atomic E-state index is 0.454. The van der Waals surface area contributed by atoms with Crippen LogP contribution in [0, 0.1) is 5.92 Å². The van der Waals surface area contributed by atoms with Gasteiger partial charge in [-0.05, 0) is 18.8 Å². The molecule has 1 heteroatoms. The monoisotopic (exact) mass is 103 g/mol. The summed E-state index contributed by atoms with van der Waals surface area (Å²) in [4.78, 5) is 0. The Labute approximate surface area is 43.5 Å². The maximum absolute atomic E-state index is 5.61. The zero-order chi connectivity index (χ0) is 4.57. The van der Waals surface area contributed by atoms with E-state index in [1.807, 2.05) is 0 Å². The Morgan fingerprint density at radius 3 is 2.50 bits per heavy atom. The molecule has 0 spiro atoms. The van der Waals surface area contributed by atoms with Crippen LogP contribution in [0.15, 0.2) is 0 Å². The summed E-state index contributed by atoms with van der Waals surface area (Å²) in [7, 11) is 0. The van der Waals surface area contributed by atoms with Crippen molar-refractivity contribution in [1.29, 1.82) is 0 Å². The molecular formula is C5H8Cl. The van der Waals surface area contributed by atoms with Crippen LogP contribution >= 0.6 is 11.6 Å². The molecule has 0 amide bonds. The molecule has 1 radical (unpaired) electrons. The fourth-order valence-electron chi connectivity index (χ4n) is 0.537. The van der Waals surface area contributed by atoms with E-state index < -0.39 is 0 Å². The summed E-state index contributed by atoms with van der Waals surface area (Å²) in [6.45, 7) is 2.15. The van der Waals surface area contributed by atoms with Crippen molar-refractivity contribution >= 4 is 11.6 Å². The molecule has 1 aliphatic rings. The fraction of sp³-hybridized carbons (Fsp3) is 0.800. The number of rotatable bonds is 1. The summed E-state index contributed by atoms with van der Waals surface area (Å²) >= 11 is 5.61. The Bertz CT molecular complexity index is 49.9. The van der Waals surface area contributed by atoms with Crippen molar-refractivity contribution in [2.75, 3.05) is 0 Å². The molecule has 1 rings (SSSR count). The molecule has 1 fully saturated rings. The molecule has 0 aromatic rings. The summed E-state index contributed by atoms with van der Waals surface area (Å²) < 4.78 is 0. The lowest BCUT2D eigenvalue weighted by Crippen LogP contribution is -1.67. The maximum Gasteiger partial charge on any atom is 0.0404 e. The Balaban J connectivity index is 2.09. The number of halogens is 1. The van der Waals surface area contributed by atoms with Crippen LogP contribution in [0.1, 0.15) is 19.8 Å². The van der Waals surface area contributed by atoms with Crippen molar-refractivity contribution in [2.45, 2.75) is 25.1 Å². The molecule has 1 unspecified atom stereocenters. The third kappa shape index (κ3) is 0.676. The SMILES string of the molecule is CC[C]1CC1Cl. The molecule has 1 aliphatic carbocycles. The van der Waals surface area contributed by atoms with E-state index in [0.717, 1.165) is 0 Å². The van der Waals surface area contributed by atoms with Crippen molar-refractivity contribution < 1.29 is 0 Å². The molecule has 0 aromatic carbocycles. The van der Waals surface area contributed by atoms with E-state index in [2.05, 4.69) is 6.92 Å². The molecule has 0 N–H and O–H groups in total. The molecule has 6 heavy (non-hydrogen) atoms. The zero-order valence-electron chi connectivity index (χ0n) is 3.87. The van der Waals surface area contributed by atoms with Crippen LogP contribution in [0.4, 0.5) is 0 Å². The van der Waals surface area contributed by atoms with Gasteiger partial charge in [-0.2, -0.15) is 0 Å². The second-order valence-corrected chi connectivity index (χ2v) is 2.21. The van der Waals surface area contributed by atoms with Crippen molar-refractivity contribution in [3.05, 3.63) is 5.92 Å². The first-order valence-electron chi connectivity index (χ1n) is 2.33. The highest BCUT2D eigenvalue weighted by molar-refractivity contribution is 6.24. The first-order valence-corrected chi connectivity index (χ1v) is 2.77. The average Bonchev–Trinajstić information content (AvgIpc) is 2.19. The van der Waals surface area contributed by atoms with Gasteiger partial charge in [-0.15, -0.1) is 11.6 Å². The lowest BCUT2D eigenvalue weighted by Gasteiger charge is -1.76. The predicted molar refractivity (Wildman–Crippen MR) is 27.8 cm³/mol. The molecule has 35 valence electrons. The maximum atomic E-state index is 5.61. The number of hydrogen-bond donors (Lipinski definition) is 0. The van der Waals surface area contributed by atoms with E-state index in [9.17, 15) is 0 Å². The molecule has 0 aliphatic heterocycles. The van der Waals surface area contributed by atoms with Crippen LogP contribution in [0.25, 0.3) is 0 Å². The second-order valence-electron chi connectivity index (χ2n) is 1.68. The molecule has 0 bridgehead atoms. The second kappa shape index (κ2) is 1.42. The summed E-state index contributed by atoms with van der Waals surface area (Å²) in [5.41, 5.74) is 0. The van der Waals surface area contributed by atoms with Gasteiger partial charge in [0.15, 0.2) is 0 Å². The van der Waals surface area contributed by atoms with E-state index in [4.69, 9.17) is 11.6 Å². The van der Waals surface area contributed by atoms with Crippen LogP contribution in [0.2, 0.25) is 0 Å². The van der Waals surface area contributed by atoms with Gasteiger partial charge in [0, 0.05) is 5.38 Å². The van der Waals surface area contributed by atoms with Crippen molar-refractivity contribution in [3.63, 3.8) is 0 Å². The highest BCUT2D eigenvalue weighted by Crippen LogP contribution is 2.40. The largest absolute Gasteiger partial charge is 0.122 e. The Hall–Kier alpha value is 0.290. The van der Waals surface area contributed by atoms with E-state index in [1.165, 1.54) is 18.8 Å². The predicted octanol–water partition coefficient (Wildman–Crippen LogP) is 1.98. The molecule has 0 heterocycles. The molecule has 1 saturated carbocycles. The van der Waals surface area contributed by atoms with Crippen LogP contribution < -0.4 is 0 Å². The normalized spacial score (nSPS) is 34.0. The third-order valence-corrected chi connectivity index (χ3v) is 1.64. The fourth-order valence-corrected chi connectivity index (χ4v) is 0.890. The lowest BCUT2D eigenvalue weighted by atomic mass is 10.3. The van der Waals surface area contributed by atoms with E-state index in [-0.39, 0.29) is 0 Å². The van der Waals surface area contributed by atoms with Crippen molar-refractivity contribution in [2.24, 2.45) is 0 Å². The summed E-state index contributed by atoms with van der Waals surface area (Å²) in [5.74, 6) is 1.52. The first kappa shape index (κ1) is 4.45. The van der Waals surface area contributed by atoms with Gasteiger partial charge in [0.2, 0.25) is 0 Å². The van der Waals surface area contributed by atoms with E-state index in [0.29, 0.717) is 5.38 Å². The average molecular weight is 104 g/mol. The van der Waals surface area contributed by atoms with Gasteiger partial charge in [-0.1, -0.05) is 6.92 Å². The van der Waals surface area contributed by atoms with E-state index in [1.54, 1.807) is 0 Å². The highest BCUT2D eigenvalue weighted by Gasteiger charge is 2.33. The van der Waals surface area contributed by atoms with Gasteiger partial charge < -0.3 is 0 Å². The van der Waals surface area contributed by atoms with Gasteiger partial charge in [0.1, 0.15) is 0 Å². The topological polar surface area (TPSA) is 0 Å². The third-order valence-electron chi connectivity index (χ3n) is 1.18. The van der Waals surface area contributed by atoms with Crippen LogP contribution in [0.5, 0.6) is 0 Å². The molecule has 0 nitrogen and oxygen atoms in total. The van der Waals surface area contributed by atoms with Gasteiger partial charge in [0.25, 0.3) is 0 Å². The molecule has 0 aromatic heterocycles. The van der Waals surface area contributed by atoms with Crippen molar-refractivity contribution in [3.8, 4) is 0 Å². The lowest BCUT2D eigenvalue weighted by molar-refractivity contribution is 1.07. The standard InChI is InChI=1S/C5H8Cl/c1-2-4-3-5(4)6/h5H,2-3H2,1H3. The van der Waals surface area contributed by atoms with Gasteiger partial charge in [0.05, 0.1) is 0 Å². The van der Waals surface area contributed by atoms with Crippen LogP contribution in [0.3, 0.4) is 0 Å². The summed E-state index contributed by atoms with van der Waals surface area (Å²) in [6.07, 6.45) is 2.37. The Morgan fingerprint density at radius 2 is 2.50 bits per heavy atom. The van der Waals surface area contributed by atoms with Crippen LogP contribution in [-0.4, -0.2) is 5.38 Å². The van der Waals surface area contributed by atoms with Crippen LogP contribution in [-0.2, 0) is 0 Å². The van der Waals surface area contributed by atoms with E-state index >= 15 is 0 Å². The smallest absolute Gasteiger partial charge is 0.0404 e. The zero-order valence-corrected chi connectivity index (χ0v) is 4.63. The van der Waals surface area contributed by atoms with Gasteiger partial charge in [-0.25, -0.2) is 0 Å². The minimum absolute atomic E-state index is 0.454. The Morgan fingerprint density at radius 1 is 2.00 bits per heavy atom. The summed E-state index contributed by atoms with van der Waals surface area (Å²) in [5, 5.41) is 0.454. The molecular weight excluding hydrogens is 95.5 g/mol. The molecule has 1 atom stereocenters. The summed E-state index contributed by atoms with van der Waals surface area (Å²) in [6, 6.07) is 0. The highest BCUT2D eigenvalue weighted by atomic mass is 35.5. The molecule has 0 saturated heterocycles. The number of alkyl halides is 1. The van der Waals surface area contributed by atoms with Gasteiger partial charge >= 0.3 is 0 Å². The quantitative estimate of drug-likeness (QED) is 0.445. The Kier molecular flexibility index (Phi) is 1.05. The first-order chi connectivity index (χ1) is 2.84. The van der Waals surface area contributed by atoms with Gasteiger partial charge in [-0.3, -0.25) is 0 Å². The van der Waals surface area contributed by atoms with Crippen molar-refractivity contribution in [1.82, 2.24) is 0 Å².